The molecule has 6 aromatic rings. The van der Waals surface area contributed by atoms with Gasteiger partial charge in [0, 0.05) is 5.56 Å². The van der Waals surface area contributed by atoms with Crippen molar-refractivity contribution in [2.45, 2.75) is 12.1 Å². The SMILES string of the molecule is c1ccc2cc(C3=N[C@H](c4ccc5ccccc5c4)[C@H](c4ccc5ccccc5c4)N3)ccc2c1. The van der Waals surface area contributed by atoms with Gasteiger partial charge in [0.1, 0.15) is 11.9 Å². The highest BCUT2D eigenvalue weighted by Gasteiger charge is 2.32. The number of nitrogens with one attached hydrogen (secondary N) is 1. The zero-order valence-corrected chi connectivity index (χ0v) is 19.2. The van der Waals surface area contributed by atoms with Crippen LogP contribution in [0.15, 0.2) is 132 Å². The molecule has 1 N–H and O–H groups in total. The summed E-state index contributed by atoms with van der Waals surface area (Å²) in [7, 11) is 0. The predicted octanol–water partition coefficient (Wildman–Crippen LogP) is 7.98. The first-order valence-electron chi connectivity index (χ1n) is 12.1. The van der Waals surface area contributed by atoms with Crippen LogP contribution in [0.1, 0.15) is 28.8 Å². The Morgan fingerprint density at radius 1 is 0.457 bits per heavy atom. The zero-order valence-electron chi connectivity index (χ0n) is 19.2. The van der Waals surface area contributed by atoms with E-state index in [9.17, 15) is 0 Å². The maximum absolute atomic E-state index is 5.29. The Bertz CT molecular complexity index is 1750. The summed E-state index contributed by atoms with van der Waals surface area (Å²) < 4.78 is 0. The minimum Gasteiger partial charge on any atom is -0.361 e. The molecule has 0 aromatic heterocycles. The summed E-state index contributed by atoms with van der Waals surface area (Å²) in [6.07, 6.45) is 0. The van der Waals surface area contributed by atoms with E-state index in [0.29, 0.717) is 0 Å². The van der Waals surface area contributed by atoms with Gasteiger partial charge in [0.2, 0.25) is 0 Å². The molecule has 166 valence electrons. The topological polar surface area (TPSA) is 24.4 Å². The van der Waals surface area contributed by atoms with Gasteiger partial charge < -0.3 is 5.32 Å². The maximum Gasteiger partial charge on any atom is 0.129 e. The molecule has 6 aromatic carbocycles. The lowest BCUT2D eigenvalue weighted by atomic mass is 9.92. The molecule has 0 fully saturated rings. The van der Waals surface area contributed by atoms with Crippen molar-refractivity contribution in [1.82, 2.24) is 5.32 Å². The van der Waals surface area contributed by atoms with E-state index >= 15 is 0 Å². The molecule has 0 saturated heterocycles. The minimum absolute atomic E-state index is 0.0118. The largest absolute Gasteiger partial charge is 0.361 e. The second-order valence-corrected chi connectivity index (χ2v) is 9.32. The van der Waals surface area contributed by atoms with Crippen molar-refractivity contribution in [2.24, 2.45) is 4.99 Å². The molecule has 1 aliphatic rings. The first-order chi connectivity index (χ1) is 17.3. The molecule has 2 nitrogen and oxygen atoms in total. The van der Waals surface area contributed by atoms with Gasteiger partial charge in [0.15, 0.2) is 0 Å². The van der Waals surface area contributed by atoms with Crippen LogP contribution in [0.3, 0.4) is 0 Å². The van der Waals surface area contributed by atoms with E-state index < -0.39 is 0 Å². The van der Waals surface area contributed by atoms with Gasteiger partial charge in [-0.3, -0.25) is 4.99 Å². The monoisotopic (exact) mass is 448 g/mol. The molecule has 0 bridgehead atoms. The molecular weight excluding hydrogens is 424 g/mol. The van der Waals surface area contributed by atoms with E-state index in [0.717, 1.165) is 11.4 Å². The standard InChI is InChI=1S/C33H24N2/c1-4-10-25-19-28(16-13-22(25)7-1)31-32(29-17-14-23-8-2-5-11-26(23)20-29)35-33(34-31)30-18-15-24-9-3-6-12-27(24)21-30/h1-21,31-32H,(H,34,35)/t31-,32+. The third kappa shape index (κ3) is 3.55. The summed E-state index contributed by atoms with van der Waals surface area (Å²) >= 11 is 0. The summed E-state index contributed by atoms with van der Waals surface area (Å²) in [6, 6.07) is 45.7. The molecule has 0 saturated carbocycles. The fraction of sp³-hybridized carbons (Fsp3) is 0.0606. The number of benzene rings is 6. The maximum atomic E-state index is 5.29. The molecule has 1 aliphatic heterocycles. The van der Waals surface area contributed by atoms with Gasteiger partial charge in [-0.15, -0.1) is 0 Å². The van der Waals surface area contributed by atoms with Crippen LogP contribution in [-0.2, 0) is 0 Å². The van der Waals surface area contributed by atoms with Crippen molar-refractivity contribution in [1.29, 1.82) is 0 Å². The second kappa shape index (κ2) is 8.11. The van der Waals surface area contributed by atoms with E-state index in [4.69, 9.17) is 4.99 Å². The molecule has 0 unspecified atom stereocenters. The number of amidine groups is 1. The average molecular weight is 449 g/mol. The summed E-state index contributed by atoms with van der Waals surface area (Å²) in [5.74, 6) is 0.951. The number of aliphatic imine (C=N–C) groups is 1. The number of hydrogen-bond donors (Lipinski definition) is 1. The van der Waals surface area contributed by atoms with Crippen molar-refractivity contribution in [3.05, 3.63) is 144 Å². The van der Waals surface area contributed by atoms with E-state index in [1.807, 2.05) is 0 Å². The van der Waals surface area contributed by atoms with Crippen molar-refractivity contribution in [3.8, 4) is 0 Å². The van der Waals surface area contributed by atoms with Crippen molar-refractivity contribution < 1.29 is 0 Å². The highest BCUT2D eigenvalue weighted by molar-refractivity contribution is 6.03. The molecule has 0 spiro atoms. The first-order valence-corrected chi connectivity index (χ1v) is 12.1. The molecule has 0 amide bonds. The molecule has 7 rings (SSSR count). The van der Waals surface area contributed by atoms with Crippen LogP contribution in [-0.4, -0.2) is 5.84 Å². The Morgan fingerprint density at radius 3 is 1.57 bits per heavy atom. The molecule has 1 heterocycles. The highest BCUT2D eigenvalue weighted by Crippen LogP contribution is 2.39. The van der Waals surface area contributed by atoms with Gasteiger partial charge >= 0.3 is 0 Å². The van der Waals surface area contributed by atoms with Crippen LogP contribution in [0.2, 0.25) is 0 Å². The molecule has 35 heavy (non-hydrogen) atoms. The van der Waals surface area contributed by atoms with E-state index in [1.54, 1.807) is 0 Å². The Morgan fingerprint density at radius 2 is 0.943 bits per heavy atom. The van der Waals surface area contributed by atoms with Gasteiger partial charge in [-0.25, -0.2) is 0 Å². The second-order valence-electron chi connectivity index (χ2n) is 9.32. The van der Waals surface area contributed by atoms with Gasteiger partial charge in [0.25, 0.3) is 0 Å². The summed E-state index contributed by atoms with van der Waals surface area (Å²) in [6.45, 7) is 0. The smallest absolute Gasteiger partial charge is 0.129 e. The van der Waals surface area contributed by atoms with Crippen molar-refractivity contribution in [3.63, 3.8) is 0 Å². The summed E-state index contributed by atoms with van der Waals surface area (Å²) in [5.41, 5.74) is 3.60. The van der Waals surface area contributed by atoms with Gasteiger partial charge in [-0.2, -0.15) is 0 Å². The van der Waals surface area contributed by atoms with Gasteiger partial charge in [-0.05, 0) is 61.6 Å². The Hall–Kier alpha value is -4.43. The molecule has 2 atom stereocenters. The molecular formula is C33H24N2. The quantitative estimate of drug-likeness (QED) is 0.292. The number of rotatable bonds is 3. The minimum atomic E-state index is -0.0118. The van der Waals surface area contributed by atoms with Gasteiger partial charge in [-0.1, -0.05) is 109 Å². The van der Waals surface area contributed by atoms with Crippen LogP contribution in [0.25, 0.3) is 32.3 Å². The third-order valence-corrected chi connectivity index (χ3v) is 7.15. The van der Waals surface area contributed by atoms with Crippen LogP contribution < -0.4 is 5.32 Å². The first kappa shape index (κ1) is 20.0. The Kier molecular flexibility index (Phi) is 4.63. The summed E-state index contributed by atoms with van der Waals surface area (Å²) in [4.78, 5) is 5.29. The lowest BCUT2D eigenvalue weighted by Gasteiger charge is -2.21. The molecule has 0 aliphatic carbocycles. The van der Waals surface area contributed by atoms with Gasteiger partial charge in [0.05, 0.1) is 6.04 Å². The fourth-order valence-electron chi connectivity index (χ4n) is 5.30. The van der Waals surface area contributed by atoms with Crippen molar-refractivity contribution in [2.75, 3.05) is 0 Å². The zero-order chi connectivity index (χ0) is 23.2. The van der Waals surface area contributed by atoms with Crippen LogP contribution in [0.4, 0.5) is 0 Å². The predicted molar refractivity (Wildman–Crippen MR) is 147 cm³/mol. The molecule has 0 radical (unpaired) electrons. The number of fused-ring (bicyclic) bond motifs is 3. The normalized spacial score (nSPS) is 17.5. The highest BCUT2D eigenvalue weighted by atomic mass is 15.1. The van der Waals surface area contributed by atoms with Crippen LogP contribution in [0, 0.1) is 0 Å². The number of nitrogens with zero attached hydrogens (tertiary/aromatic N) is 1. The molecule has 2 heteroatoms. The summed E-state index contributed by atoms with van der Waals surface area (Å²) in [5, 5.41) is 11.3. The van der Waals surface area contributed by atoms with E-state index in [2.05, 4.69) is 133 Å². The van der Waals surface area contributed by atoms with E-state index in [1.165, 1.54) is 43.4 Å². The van der Waals surface area contributed by atoms with Crippen LogP contribution >= 0.6 is 0 Å². The lowest BCUT2D eigenvalue weighted by Crippen LogP contribution is -2.25. The van der Waals surface area contributed by atoms with E-state index in [-0.39, 0.29) is 12.1 Å². The fourth-order valence-corrected chi connectivity index (χ4v) is 5.30. The number of hydrogen-bond acceptors (Lipinski definition) is 2. The van der Waals surface area contributed by atoms with Crippen LogP contribution in [0.5, 0.6) is 0 Å². The Labute approximate surface area is 204 Å². The Balaban J connectivity index is 1.36. The third-order valence-electron chi connectivity index (χ3n) is 7.15. The lowest BCUT2D eigenvalue weighted by molar-refractivity contribution is 0.573. The average Bonchev–Trinajstić information content (AvgIpc) is 3.38. The van der Waals surface area contributed by atoms with Crippen molar-refractivity contribution >= 4 is 38.2 Å².